The third kappa shape index (κ3) is 2.58. The summed E-state index contributed by atoms with van der Waals surface area (Å²) in [4.78, 5) is 11.0. The van der Waals surface area contributed by atoms with Crippen molar-refractivity contribution in [2.24, 2.45) is 5.92 Å². The summed E-state index contributed by atoms with van der Waals surface area (Å²) in [6.07, 6.45) is 2.62. The maximum atomic E-state index is 11.0. The quantitative estimate of drug-likeness (QED) is 0.552. The zero-order valence-corrected chi connectivity index (χ0v) is 8.88. The monoisotopic (exact) mass is 198 g/mol. The number of carbonyl (C=O) groups excluding carboxylic acids is 1. The molecule has 0 bridgehead atoms. The number of aliphatic hydroxyl groups is 1. The van der Waals surface area contributed by atoms with E-state index in [4.69, 9.17) is 4.74 Å². The van der Waals surface area contributed by atoms with E-state index in [-0.39, 0.29) is 11.9 Å². The van der Waals surface area contributed by atoms with Crippen LogP contribution in [0.15, 0.2) is 12.2 Å². The molecule has 1 saturated carbocycles. The van der Waals surface area contributed by atoms with Crippen LogP contribution in [0.25, 0.3) is 0 Å². The molecule has 0 amide bonds. The fourth-order valence-electron chi connectivity index (χ4n) is 1.64. The van der Waals surface area contributed by atoms with Crippen molar-refractivity contribution in [2.45, 2.75) is 38.7 Å². The summed E-state index contributed by atoms with van der Waals surface area (Å²) in [6, 6.07) is 0. The minimum Gasteiger partial charge on any atom is -0.462 e. The standard InChI is InChI=1S/C11H18O3/c1-8(2)10(12)14-7-5-9-4-6-11(9,3)13/h9,13H,1,4-7H2,2-3H3. The Morgan fingerprint density at radius 3 is 2.71 bits per heavy atom. The number of hydrogen-bond acceptors (Lipinski definition) is 3. The average Bonchev–Trinajstić information content (AvgIpc) is 2.10. The van der Waals surface area contributed by atoms with Crippen LogP contribution in [0.2, 0.25) is 0 Å². The summed E-state index contributed by atoms with van der Waals surface area (Å²) >= 11 is 0. The third-order valence-electron chi connectivity index (χ3n) is 2.93. The molecule has 0 heterocycles. The van der Waals surface area contributed by atoms with Crippen LogP contribution in [0.1, 0.15) is 33.1 Å². The first-order valence-electron chi connectivity index (χ1n) is 4.98. The molecule has 2 atom stereocenters. The molecule has 0 aromatic carbocycles. The molecule has 1 aliphatic carbocycles. The second kappa shape index (κ2) is 4.13. The molecule has 1 aliphatic rings. The maximum Gasteiger partial charge on any atom is 0.333 e. The Morgan fingerprint density at radius 1 is 1.71 bits per heavy atom. The van der Waals surface area contributed by atoms with Crippen LogP contribution in [0.4, 0.5) is 0 Å². The van der Waals surface area contributed by atoms with Crippen molar-refractivity contribution >= 4 is 5.97 Å². The van der Waals surface area contributed by atoms with Gasteiger partial charge in [-0.15, -0.1) is 0 Å². The number of ether oxygens (including phenoxy) is 1. The molecular weight excluding hydrogens is 180 g/mol. The number of carbonyl (C=O) groups is 1. The number of rotatable bonds is 4. The summed E-state index contributed by atoms with van der Waals surface area (Å²) in [5.74, 6) is -0.0654. The molecule has 0 radical (unpaired) electrons. The van der Waals surface area contributed by atoms with Crippen molar-refractivity contribution in [3.05, 3.63) is 12.2 Å². The molecule has 0 aromatic heterocycles. The van der Waals surface area contributed by atoms with Crippen LogP contribution >= 0.6 is 0 Å². The van der Waals surface area contributed by atoms with Gasteiger partial charge in [0, 0.05) is 5.57 Å². The smallest absolute Gasteiger partial charge is 0.333 e. The van der Waals surface area contributed by atoms with E-state index in [9.17, 15) is 9.90 Å². The van der Waals surface area contributed by atoms with Gasteiger partial charge in [-0.1, -0.05) is 6.58 Å². The zero-order chi connectivity index (χ0) is 10.8. The zero-order valence-electron chi connectivity index (χ0n) is 8.88. The minimum absolute atomic E-state index is 0.278. The largest absolute Gasteiger partial charge is 0.462 e. The first-order chi connectivity index (χ1) is 6.43. The van der Waals surface area contributed by atoms with Gasteiger partial charge in [0.15, 0.2) is 0 Å². The van der Waals surface area contributed by atoms with E-state index in [0.29, 0.717) is 12.2 Å². The van der Waals surface area contributed by atoms with Gasteiger partial charge >= 0.3 is 5.97 Å². The lowest BCUT2D eigenvalue weighted by atomic mass is 9.69. The Labute approximate surface area is 84.8 Å². The normalized spacial score (nSPS) is 30.6. The van der Waals surface area contributed by atoms with Gasteiger partial charge in [0.2, 0.25) is 0 Å². The molecule has 0 aromatic rings. The first kappa shape index (κ1) is 11.2. The molecule has 2 unspecified atom stereocenters. The molecule has 0 aliphatic heterocycles. The SMILES string of the molecule is C=C(C)C(=O)OCCC1CCC1(C)O. The molecular formula is C11H18O3. The van der Waals surface area contributed by atoms with Crippen LogP contribution in [-0.4, -0.2) is 23.3 Å². The van der Waals surface area contributed by atoms with Gasteiger partial charge in [-0.2, -0.15) is 0 Å². The highest BCUT2D eigenvalue weighted by atomic mass is 16.5. The summed E-state index contributed by atoms with van der Waals surface area (Å²) < 4.78 is 4.95. The summed E-state index contributed by atoms with van der Waals surface area (Å²) in [5, 5.41) is 9.69. The summed E-state index contributed by atoms with van der Waals surface area (Å²) in [6.45, 7) is 7.33. The lowest BCUT2D eigenvalue weighted by Gasteiger charge is -2.42. The Hall–Kier alpha value is -0.830. The Morgan fingerprint density at radius 2 is 2.36 bits per heavy atom. The number of hydrogen-bond donors (Lipinski definition) is 1. The topological polar surface area (TPSA) is 46.5 Å². The lowest BCUT2D eigenvalue weighted by molar-refractivity contribution is -0.141. The van der Waals surface area contributed by atoms with Crippen LogP contribution in [0.3, 0.4) is 0 Å². The van der Waals surface area contributed by atoms with Crippen molar-refractivity contribution in [1.29, 1.82) is 0 Å². The molecule has 80 valence electrons. The van der Waals surface area contributed by atoms with E-state index in [0.717, 1.165) is 19.3 Å². The predicted octanol–water partition coefficient (Wildman–Crippen LogP) is 1.66. The van der Waals surface area contributed by atoms with E-state index in [2.05, 4.69) is 6.58 Å². The molecule has 0 saturated heterocycles. The molecule has 3 heteroatoms. The summed E-state index contributed by atoms with van der Waals surface area (Å²) in [7, 11) is 0. The van der Waals surface area contributed by atoms with Gasteiger partial charge < -0.3 is 9.84 Å². The molecule has 3 nitrogen and oxygen atoms in total. The molecule has 0 spiro atoms. The molecule has 14 heavy (non-hydrogen) atoms. The molecule has 1 N–H and O–H groups in total. The van der Waals surface area contributed by atoms with E-state index >= 15 is 0 Å². The molecule has 1 rings (SSSR count). The highest BCUT2D eigenvalue weighted by molar-refractivity contribution is 5.86. The van der Waals surface area contributed by atoms with Crippen LogP contribution < -0.4 is 0 Å². The van der Waals surface area contributed by atoms with Crippen molar-refractivity contribution in [1.82, 2.24) is 0 Å². The van der Waals surface area contributed by atoms with Gasteiger partial charge in [-0.25, -0.2) is 4.79 Å². The van der Waals surface area contributed by atoms with Crippen molar-refractivity contribution in [3.63, 3.8) is 0 Å². The third-order valence-corrected chi connectivity index (χ3v) is 2.93. The van der Waals surface area contributed by atoms with Gasteiger partial charge in [0.25, 0.3) is 0 Å². The Balaban J connectivity index is 2.16. The summed E-state index contributed by atoms with van der Waals surface area (Å²) in [5.41, 5.74) is -0.124. The highest BCUT2D eigenvalue weighted by Gasteiger charge is 2.40. The predicted molar refractivity (Wildman–Crippen MR) is 53.7 cm³/mol. The second-order valence-corrected chi connectivity index (χ2v) is 4.30. The van der Waals surface area contributed by atoms with Crippen LogP contribution in [0.5, 0.6) is 0 Å². The van der Waals surface area contributed by atoms with Gasteiger partial charge in [-0.3, -0.25) is 0 Å². The van der Waals surface area contributed by atoms with Crippen molar-refractivity contribution < 1.29 is 14.6 Å². The van der Waals surface area contributed by atoms with Crippen molar-refractivity contribution in [3.8, 4) is 0 Å². The number of esters is 1. The van der Waals surface area contributed by atoms with Gasteiger partial charge in [0.1, 0.15) is 0 Å². The van der Waals surface area contributed by atoms with Crippen molar-refractivity contribution in [2.75, 3.05) is 6.61 Å². The van der Waals surface area contributed by atoms with Gasteiger partial charge in [0.05, 0.1) is 12.2 Å². The van der Waals surface area contributed by atoms with E-state index in [1.807, 2.05) is 6.92 Å². The van der Waals surface area contributed by atoms with E-state index < -0.39 is 5.60 Å². The Bertz CT molecular complexity index is 243. The lowest BCUT2D eigenvalue weighted by Crippen LogP contribution is -2.44. The minimum atomic E-state index is -0.546. The van der Waals surface area contributed by atoms with E-state index in [1.54, 1.807) is 6.92 Å². The van der Waals surface area contributed by atoms with Gasteiger partial charge in [-0.05, 0) is 39.0 Å². The first-order valence-corrected chi connectivity index (χ1v) is 4.98. The second-order valence-electron chi connectivity index (χ2n) is 4.30. The Kier molecular flexibility index (Phi) is 3.32. The fourth-order valence-corrected chi connectivity index (χ4v) is 1.64. The maximum absolute atomic E-state index is 11.0. The fraction of sp³-hybridized carbons (Fsp3) is 0.727. The highest BCUT2D eigenvalue weighted by Crippen LogP contribution is 2.40. The van der Waals surface area contributed by atoms with Crippen LogP contribution in [-0.2, 0) is 9.53 Å². The van der Waals surface area contributed by atoms with E-state index in [1.165, 1.54) is 0 Å². The average molecular weight is 198 g/mol. The van der Waals surface area contributed by atoms with Crippen LogP contribution in [0, 0.1) is 5.92 Å². The molecule has 1 fully saturated rings.